The van der Waals surface area contributed by atoms with Crippen LogP contribution in [-0.4, -0.2) is 53.5 Å². The third-order valence-electron chi connectivity index (χ3n) is 4.32. The summed E-state index contributed by atoms with van der Waals surface area (Å²) in [6.45, 7) is 8.60. The molecule has 1 fully saturated rings. The molecule has 0 aliphatic carbocycles. The van der Waals surface area contributed by atoms with Crippen molar-refractivity contribution in [2.24, 2.45) is 0 Å². The van der Waals surface area contributed by atoms with Crippen LogP contribution in [0.5, 0.6) is 0 Å². The summed E-state index contributed by atoms with van der Waals surface area (Å²) in [6.07, 6.45) is 0. The van der Waals surface area contributed by atoms with Crippen LogP contribution in [0.4, 0.5) is 15.9 Å². The lowest BCUT2D eigenvalue weighted by Crippen LogP contribution is -2.46. The van der Waals surface area contributed by atoms with E-state index in [1.54, 1.807) is 25.1 Å². The molecule has 1 aliphatic heterocycles. The van der Waals surface area contributed by atoms with Gasteiger partial charge in [0, 0.05) is 32.2 Å². The Kier molecular flexibility index (Phi) is 5.23. The molecule has 2 aromatic rings. The van der Waals surface area contributed by atoms with E-state index in [1.165, 1.54) is 12.1 Å². The molecule has 25 heavy (non-hydrogen) atoms. The minimum Gasteiger partial charge on any atom is -0.354 e. The van der Waals surface area contributed by atoms with Crippen molar-refractivity contribution in [2.45, 2.75) is 13.8 Å². The molecule has 2 heterocycles. The van der Waals surface area contributed by atoms with Gasteiger partial charge in [-0.05, 0) is 25.6 Å². The Balaban J connectivity index is 1.77. The summed E-state index contributed by atoms with van der Waals surface area (Å²) in [5.41, 5.74) is 0.380. The molecule has 3 rings (SSSR count). The number of hydrogen-bond donors (Lipinski definition) is 1. The van der Waals surface area contributed by atoms with Crippen LogP contribution >= 0.6 is 0 Å². The predicted molar refractivity (Wildman–Crippen MR) is 95.4 cm³/mol. The van der Waals surface area contributed by atoms with Crippen LogP contribution in [-0.2, 0) is 0 Å². The van der Waals surface area contributed by atoms with Gasteiger partial charge in [0.1, 0.15) is 23.2 Å². The van der Waals surface area contributed by atoms with Gasteiger partial charge in [0.25, 0.3) is 5.91 Å². The smallest absolute Gasteiger partial charge is 0.274 e. The fraction of sp³-hybridized carbons (Fsp3) is 0.389. The Labute approximate surface area is 146 Å². The first-order valence-corrected chi connectivity index (χ1v) is 8.45. The number of halogens is 1. The van der Waals surface area contributed by atoms with E-state index in [0.717, 1.165) is 38.5 Å². The summed E-state index contributed by atoms with van der Waals surface area (Å²) in [7, 11) is 0. The Morgan fingerprint density at radius 2 is 1.92 bits per heavy atom. The van der Waals surface area contributed by atoms with Gasteiger partial charge in [0.05, 0.1) is 5.69 Å². The first kappa shape index (κ1) is 17.3. The van der Waals surface area contributed by atoms with Crippen LogP contribution in [0.2, 0.25) is 0 Å². The number of rotatable bonds is 4. The summed E-state index contributed by atoms with van der Waals surface area (Å²) >= 11 is 0. The molecule has 1 saturated heterocycles. The average Bonchev–Trinajstić information content (AvgIpc) is 2.63. The van der Waals surface area contributed by atoms with Gasteiger partial charge >= 0.3 is 0 Å². The molecular formula is C18H22FN5O. The van der Waals surface area contributed by atoms with E-state index in [1.807, 2.05) is 0 Å². The summed E-state index contributed by atoms with van der Waals surface area (Å²) < 4.78 is 13.7. The maximum absolute atomic E-state index is 13.7. The van der Waals surface area contributed by atoms with E-state index < -0.39 is 11.7 Å². The van der Waals surface area contributed by atoms with E-state index in [2.05, 4.69) is 32.0 Å². The topological polar surface area (TPSA) is 61.4 Å². The number of hydrogen-bond acceptors (Lipinski definition) is 5. The monoisotopic (exact) mass is 343 g/mol. The van der Waals surface area contributed by atoms with E-state index >= 15 is 0 Å². The molecule has 132 valence electrons. The van der Waals surface area contributed by atoms with Crippen molar-refractivity contribution in [1.82, 2.24) is 14.9 Å². The number of benzene rings is 1. The Bertz CT molecular complexity index is 759. The second kappa shape index (κ2) is 7.57. The zero-order valence-electron chi connectivity index (χ0n) is 14.5. The summed E-state index contributed by atoms with van der Waals surface area (Å²) in [5.74, 6) is 0.345. The number of piperazine rings is 1. The van der Waals surface area contributed by atoms with E-state index in [4.69, 9.17) is 0 Å². The van der Waals surface area contributed by atoms with Crippen LogP contribution in [0.1, 0.15) is 23.2 Å². The zero-order chi connectivity index (χ0) is 17.8. The Morgan fingerprint density at radius 1 is 1.20 bits per heavy atom. The number of para-hydroxylation sites is 1. The molecule has 0 unspecified atom stereocenters. The normalized spacial score (nSPS) is 15.2. The molecule has 0 radical (unpaired) electrons. The van der Waals surface area contributed by atoms with Gasteiger partial charge in [0.15, 0.2) is 0 Å². The number of anilines is 2. The number of likely N-dealkylation sites (N-methyl/N-ethyl adjacent to an activating group) is 1. The highest BCUT2D eigenvalue weighted by Gasteiger charge is 2.19. The number of aromatic nitrogens is 2. The lowest BCUT2D eigenvalue weighted by atomic mass is 10.2. The molecule has 1 aliphatic rings. The molecular weight excluding hydrogens is 321 g/mol. The highest BCUT2D eigenvalue weighted by atomic mass is 19.1. The maximum Gasteiger partial charge on any atom is 0.274 e. The highest BCUT2D eigenvalue weighted by Crippen LogP contribution is 2.17. The number of amides is 1. The van der Waals surface area contributed by atoms with Gasteiger partial charge in [-0.2, -0.15) is 0 Å². The number of aryl methyl sites for hydroxylation is 1. The fourth-order valence-electron chi connectivity index (χ4n) is 2.87. The highest BCUT2D eigenvalue weighted by molar-refractivity contribution is 6.03. The largest absolute Gasteiger partial charge is 0.354 e. The average molecular weight is 343 g/mol. The van der Waals surface area contributed by atoms with Crippen LogP contribution in [0.25, 0.3) is 0 Å². The predicted octanol–water partition coefficient (Wildman–Crippen LogP) is 2.32. The number of carbonyl (C=O) groups excluding carboxylic acids is 1. The van der Waals surface area contributed by atoms with E-state index in [0.29, 0.717) is 5.82 Å². The summed E-state index contributed by atoms with van der Waals surface area (Å²) in [4.78, 5) is 25.6. The summed E-state index contributed by atoms with van der Waals surface area (Å²) in [5, 5.41) is 2.57. The molecule has 1 aromatic carbocycles. The lowest BCUT2D eigenvalue weighted by molar-refractivity contribution is 0.102. The quantitative estimate of drug-likeness (QED) is 0.923. The van der Waals surface area contributed by atoms with Crippen LogP contribution in [0.3, 0.4) is 0 Å². The molecule has 1 aromatic heterocycles. The number of nitrogens with one attached hydrogen (secondary N) is 1. The van der Waals surface area contributed by atoms with Crippen molar-refractivity contribution in [3.05, 3.63) is 47.7 Å². The van der Waals surface area contributed by atoms with Crippen molar-refractivity contribution in [3.8, 4) is 0 Å². The second-order valence-electron chi connectivity index (χ2n) is 6.01. The number of nitrogens with zero attached hydrogens (tertiary/aromatic N) is 4. The Morgan fingerprint density at radius 3 is 2.60 bits per heavy atom. The SMILES string of the molecule is CCN1CCN(c2cc(C(=O)Nc3ccccc3F)nc(C)n2)CC1. The molecule has 0 spiro atoms. The molecule has 1 amide bonds. The van der Waals surface area contributed by atoms with Crippen molar-refractivity contribution in [1.29, 1.82) is 0 Å². The molecule has 1 N–H and O–H groups in total. The fourth-order valence-corrected chi connectivity index (χ4v) is 2.87. The van der Waals surface area contributed by atoms with Gasteiger partial charge in [-0.25, -0.2) is 14.4 Å². The first-order chi connectivity index (χ1) is 12.1. The third kappa shape index (κ3) is 4.11. The van der Waals surface area contributed by atoms with Crippen LogP contribution in [0.15, 0.2) is 30.3 Å². The van der Waals surface area contributed by atoms with Gasteiger partial charge in [-0.3, -0.25) is 4.79 Å². The second-order valence-corrected chi connectivity index (χ2v) is 6.01. The number of carbonyl (C=O) groups is 1. The minimum absolute atomic E-state index is 0.141. The van der Waals surface area contributed by atoms with Crippen LogP contribution in [0, 0.1) is 12.7 Å². The lowest BCUT2D eigenvalue weighted by Gasteiger charge is -2.34. The van der Waals surface area contributed by atoms with Crippen molar-refractivity contribution >= 4 is 17.4 Å². The van der Waals surface area contributed by atoms with Gasteiger partial charge < -0.3 is 15.1 Å². The molecule has 6 nitrogen and oxygen atoms in total. The van der Waals surface area contributed by atoms with Gasteiger partial charge in [-0.1, -0.05) is 19.1 Å². The maximum atomic E-state index is 13.7. The van der Waals surface area contributed by atoms with Crippen molar-refractivity contribution in [2.75, 3.05) is 42.9 Å². The molecule has 0 bridgehead atoms. The van der Waals surface area contributed by atoms with Crippen molar-refractivity contribution < 1.29 is 9.18 Å². The minimum atomic E-state index is -0.475. The zero-order valence-corrected chi connectivity index (χ0v) is 14.5. The standard InChI is InChI=1S/C18H22FN5O/c1-3-23-8-10-24(11-9-23)17-12-16(20-13(2)21-17)18(25)22-15-7-5-4-6-14(15)19/h4-7,12H,3,8-11H2,1-2H3,(H,22,25). The van der Waals surface area contributed by atoms with Gasteiger partial charge in [-0.15, -0.1) is 0 Å². The first-order valence-electron chi connectivity index (χ1n) is 8.45. The summed E-state index contributed by atoms with van der Waals surface area (Å²) in [6, 6.07) is 7.74. The molecule has 0 atom stereocenters. The van der Waals surface area contributed by atoms with Crippen LogP contribution < -0.4 is 10.2 Å². The third-order valence-corrected chi connectivity index (χ3v) is 4.32. The van der Waals surface area contributed by atoms with Crippen molar-refractivity contribution in [3.63, 3.8) is 0 Å². The Hall–Kier alpha value is -2.54. The van der Waals surface area contributed by atoms with E-state index in [9.17, 15) is 9.18 Å². The molecule has 7 heteroatoms. The molecule has 0 saturated carbocycles. The van der Waals surface area contributed by atoms with Gasteiger partial charge in [0.2, 0.25) is 0 Å². The van der Waals surface area contributed by atoms with E-state index in [-0.39, 0.29) is 11.4 Å².